The molecule has 0 bridgehead atoms. The summed E-state index contributed by atoms with van der Waals surface area (Å²) in [6.07, 6.45) is 2.90. The minimum Gasteiger partial charge on any atom is -0.481 e. The molecule has 7 nitrogen and oxygen atoms in total. The molecule has 0 saturated heterocycles. The lowest BCUT2D eigenvalue weighted by Gasteiger charge is -2.07. The third-order valence-corrected chi connectivity index (χ3v) is 2.36. The Kier molecular flexibility index (Phi) is 3.56. The molecule has 0 spiro atoms. The summed E-state index contributed by atoms with van der Waals surface area (Å²) >= 11 is 0. The van der Waals surface area contributed by atoms with E-state index in [2.05, 4.69) is 20.3 Å². The molecule has 7 heteroatoms. The number of hydrogen-bond acceptors (Lipinski definition) is 6. The molecule has 2 aromatic heterocycles. The first-order chi connectivity index (χ1) is 9.10. The fourth-order valence-corrected chi connectivity index (χ4v) is 1.46. The lowest BCUT2D eigenvalue weighted by Crippen LogP contribution is -2.16. The number of aryl methyl sites for hydroxylation is 1. The lowest BCUT2D eigenvalue weighted by atomic mass is 10.2. The van der Waals surface area contributed by atoms with Gasteiger partial charge < -0.3 is 10.5 Å². The number of carbonyl (C=O) groups is 1. The summed E-state index contributed by atoms with van der Waals surface area (Å²) in [6.45, 7) is 1.78. The van der Waals surface area contributed by atoms with Crippen LogP contribution in [0.15, 0.2) is 24.5 Å². The maximum absolute atomic E-state index is 12.0. The highest BCUT2D eigenvalue weighted by molar-refractivity contribution is 6.06. The fraction of sp³-hybridized carbons (Fsp3) is 0.167. The third kappa shape index (κ3) is 2.95. The molecule has 0 saturated carbocycles. The number of nitrogens with one attached hydrogen (secondary N) is 1. The Labute approximate surface area is 109 Å². The number of anilines is 2. The Hall–Kier alpha value is -2.70. The molecular weight excluding hydrogens is 246 g/mol. The number of carbonyl (C=O) groups excluding carboxylic acids is 1. The van der Waals surface area contributed by atoms with Crippen molar-refractivity contribution in [2.75, 3.05) is 18.2 Å². The van der Waals surface area contributed by atoms with Crippen molar-refractivity contribution in [2.45, 2.75) is 6.92 Å². The number of methoxy groups -OCH3 is 1. The molecule has 3 N–H and O–H groups in total. The Bertz CT molecular complexity index is 615. The Balaban J connectivity index is 2.24. The highest BCUT2D eigenvalue weighted by Crippen LogP contribution is 2.14. The zero-order chi connectivity index (χ0) is 13.8. The predicted molar refractivity (Wildman–Crippen MR) is 69.9 cm³/mol. The minimum absolute atomic E-state index is 0.158. The van der Waals surface area contributed by atoms with Crippen LogP contribution in [0.2, 0.25) is 0 Å². The summed E-state index contributed by atoms with van der Waals surface area (Å²) in [4.78, 5) is 24.0. The Morgan fingerprint density at radius 1 is 1.42 bits per heavy atom. The molecule has 2 rings (SSSR count). The van der Waals surface area contributed by atoms with Crippen molar-refractivity contribution >= 4 is 17.5 Å². The van der Waals surface area contributed by atoms with E-state index in [-0.39, 0.29) is 11.5 Å². The molecule has 0 aromatic carbocycles. The van der Waals surface area contributed by atoms with Gasteiger partial charge >= 0.3 is 0 Å². The summed E-state index contributed by atoms with van der Waals surface area (Å²) in [6, 6.07) is 3.21. The topological polar surface area (TPSA) is 103 Å². The number of nitrogen functional groups attached to an aromatic ring is 1. The van der Waals surface area contributed by atoms with Gasteiger partial charge in [0.1, 0.15) is 0 Å². The molecular formula is C12H13N5O2. The maximum Gasteiger partial charge on any atom is 0.261 e. The molecule has 2 aromatic rings. The number of ether oxygens (including phenoxy) is 1. The van der Waals surface area contributed by atoms with E-state index in [1.807, 2.05) is 0 Å². The van der Waals surface area contributed by atoms with Crippen molar-refractivity contribution in [2.24, 2.45) is 0 Å². The third-order valence-electron chi connectivity index (χ3n) is 2.36. The molecule has 0 aliphatic heterocycles. The molecule has 0 aliphatic carbocycles. The summed E-state index contributed by atoms with van der Waals surface area (Å²) in [5, 5.41) is 2.55. The van der Waals surface area contributed by atoms with E-state index in [1.165, 1.54) is 19.5 Å². The van der Waals surface area contributed by atoms with Crippen molar-refractivity contribution in [3.8, 4) is 5.88 Å². The molecule has 0 aliphatic rings. The van der Waals surface area contributed by atoms with Gasteiger partial charge in [0.15, 0.2) is 0 Å². The van der Waals surface area contributed by atoms with Crippen LogP contribution in [-0.4, -0.2) is 28.0 Å². The van der Waals surface area contributed by atoms with Gasteiger partial charge in [-0.3, -0.25) is 15.1 Å². The smallest absolute Gasteiger partial charge is 0.261 e. The van der Waals surface area contributed by atoms with Crippen LogP contribution in [-0.2, 0) is 0 Å². The van der Waals surface area contributed by atoms with Crippen LogP contribution in [0.1, 0.15) is 16.1 Å². The van der Waals surface area contributed by atoms with E-state index in [0.29, 0.717) is 17.3 Å². The first-order valence-electron chi connectivity index (χ1n) is 5.50. The lowest BCUT2D eigenvalue weighted by molar-refractivity contribution is 0.102. The second-order valence-corrected chi connectivity index (χ2v) is 3.79. The molecule has 1 amide bonds. The Morgan fingerprint density at radius 3 is 2.89 bits per heavy atom. The maximum atomic E-state index is 12.0. The average Bonchev–Trinajstić information content (AvgIpc) is 2.38. The van der Waals surface area contributed by atoms with Crippen LogP contribution in [0.5, 0.6) is 5.88 Å². The molecule has 19 heavy (non-hydrogen) atoms. The van der Waals surface area contributed by atoms with Gasteiger partial charge in [0.05, 0.1) is 12.7 Å². The standard InChI is InChI=1S/C12H13N5O2/c1-7-5-10(19-2)16-12(15-7)17-11(18)8-6-14-4-3-9(8)13/h3-6H,1-2H3,(H2,13,14)(H,15,16,17,18). The molecule has 0 atom stereocenters. The number of pyridine rings is 1. The Morgan fingerprint density at radius 2 is 2.21 bits per heavy atom. The second-order valence-electron chi connectivity index (χ2n) is 3.79. The first kappa shape index (κ1) is 12.7. The fourth-order valence-electron chi connectivity index (χ4n) is 1.46. The zero-order valence-electron chi connectivity index (χ0n) is 10.5. The molecule has 0 fully saturated rings. The van der Waals surface area contributed by atoms with Crippen molar-refractivity contribution in [3.63, 3.8) is 0 Å². The SMILES string of the molecule is COc1cc(C)nc(NC(=O)c2cnccc2N)n1. The summed E-state index contributed by atoms with van der Waals surface area (Å²) in [5.41, 5.74) is 6.99. The zero-order valence-corrected chi connectivity index (χ0v) is 10.5. The van der Waals surface area contributed by atoms with E-state index in [9.17, 15) is 4.79 Å². The number of aromatic nitrogens is 3. The van der Waals surface area contributed by atoms with Crippen LogP contribution in [0.25, 0.3) is 0 Å². The van der Waals surface area contributed by atoms with Crippen LogP contribution in [0.4, 0.5) is 11.6 Å². The highest BCUT2D eigenvalue weighted by Gasteiger charge is 2.12. The molecule has 2 heterocycles. The number of nitrogens with two attached hydrogens (primary N) is 1. The summed E-state index contributed by atoms with van der Waals surface area (Å²) < 4.78 is 5.01. The van der Waals surface area contributed by atoms with Crippen LogP contribution >= 0.6 is 0 Å². The van der Waals surface area contributed by atoms with Gasteiger partial charge in [-0.25, -0.2) is 4.98 Å². The quantitative estimate of drug-likeness (QED) is 0.853. The van der Waals surface area contributed by atoms with E-state index < -0.39 is 5.91 Å². The van der Waals surface area contributed by atoms with E-state index >= 15 is 0 Å². The molecule has 98 valence electrons. The van der Waals surface area contributed by atoms with Crippen LogP contribution < -0.4 is 15.8 Å². The second kappa shape index (κ2) is 5.30. The van der Waals surface area contributed by atoms with Gasteiger partial charge in [0.25, 0.3) is 5.91 Å². The van der Waals surface area contributed by atoms with Gasteiger partial charge in [-0.2, -0.15) is 4.98 Å². The van der Waals surface area contributed by atoms with Crippen molar-refractivity contribution in [1.82, 2.24) is 15.0 Å². The van der Waals surface area contributed by atoms with E-state index in [0.717, 1.165) is 0 Å². The summed E-state index contributed by atoms with van der Waals surface area (Å²) in [7, 11) is 1.49. The van der Waals surface area contributed by atoms with E-state index in [4.69, 9.17) is 10.5 Å². The van der Waals surface area contributed by atoms with Gasteiger partial charge in [0, 0.05) is 29.8 Å². The van der Waals surface area contributed by atoms with Gasteiger partial charge in [0.2, 0.25) is 11.8 Å². The highest BCUT2D eigenvalue weighted by atomic mass is 16.5. The monoisotopic (exact) mass is 259 g/mol. The number of hydrogen-bond donors (Lipinski definition) is 2. The number of nitrogens with zero attached hydrogens (tertiary/aromatic N) is 3. The predicted octanol–water partition coefficient (Wildman–Crippen LogP) is 1.02. The number of amides is 1. The van der Waals surface area contributed by atoms with Gasteiger partial charge in [-0.05, 0) is 13.0 Å². The molecule has 0 unspecified atom stereocenters. The van der Waals surface area contributed by atoms with Gasteiger partial charge in [-0.15, -0.1) is 0 Å². The minimum atomic E-state index is -0.418. The van der Waals surface area contributed by atoms with Gasteiger partial charge in [-0.1, -0.05) is 0 Å². The normalized spacial score (nSPS) is 10.0. The number of rotatable bonds is 3. The summed E-state index contributed by atoms with van der Waals surface area (Å²) in [5.74, 6) is 0.116. The van der Waals surface area contributed by atoms with Crippen molar-refractivity contribution in [3.05, 3.63) is 35.8 Å². The molecule has 0 radical (unpaired) electrons. The van der Waals surface area contributed by atoms with Crippen LogP contribution in [0.3, 0.4) is 0 Å². The average molecular weight is 259 g/mol. The van der Waals surface area contributed by atoms with Crippen LogP contribution in [0, 0.1) is 6.92 Å². The largest absolute Gasteiger partial charge is 0.481 e. The first-order valence-corrected chi connectivity index (χ1v) is 5.50. The van der Waals surface area contributed by atoms with E-state index in [1.54, 1.807) is 19.1 Å². The van der Waals surface area contributed by atoms with Crippen molar-refractivity contribution < 1.29 is 9.53 Å². The van der Waals surface area contributed by atoms with Crippen molar-refractivity contribution in [1.29, 1.82) is 0 Å².